The summed E-state index contributed by atoms with van der Waals surface area (Å²) in [6.45, 7) is 0.772. The summed E-state index contributed by atoms with van der Waals surface area (Å²) >= 11 is 3.44. The van der Waals surface area contributed by atoms with Crippen LogP contribution >= 0.6 is 15.9 Å². The van der Waals surface area contributed by atoms with E-state index in [0.717, 1.165) is 21.5 Å². The molecule has 0 fully saturated rings. The molecule has 4 heteroatoms. The molecule has 0 radical (unpaired) electrons. The minimum atomic E-state index is 0.225. The highest BCUT2D eigenvalue weighted by Gasteiger charge is 2.03. The average Bonchev–Trinajstić information content (AvgIpc) is 2.45. The van der Waals surface area contributed by atoms with Crippen molar-refractivity contribution < 1.29 is 14.2 Å². The van der Waals surface area contributed by atoms with Crippen LogP contribution in [0.2, 0.25) is 0 Å². The molecule has 19 heavy (non-hydrogen) atoms. The molecule has 0 aromatic heterocycles. The molecule has 0 heterocycles. The highest BCUT2D eigenvalue weighted by molar-refractivity contribution is 9.10. The van der Waals surface area contributed by atoms with Crippen molar-refractivity contribution in [2.24, 2.45) is 0 Å². The van der Waals surface area contributed by atoms with Crippen LogP contribution in [0.25, 0.3) is 0 Å². The largest absolute Gasteiger partial charge is 0.489 e. The van der Waals surface area contributed by atoms with Gasteiger partial charge >= 0.3 is 0 Å². The van der Waals surface area contributed by atoms with Gasteiger partial charge in [-0.15, -0.1) is 0 Å². The lowest BCUT2D eigenvalue weighted by atomic mass is 10.2. The minimum absolute atomic E-state index is 0.225. The van der Waals surface area contributed by atoms with E-state index in [1.54, 1.807) is 7.11 Å². The highest BCUT2D eigenvalue weighted by Crippen LogP contribution is 2.29. The maximum atomic E-state index is 5.72. The van der Waals surface area contributed by atoms with Crippen molar-refractivity contribution >= 4 is 15.9 Å². The van der Waals surface area contributed by atoms with E-state index in [1.165, 1.54) is 0 Å². The van der Waals surface area contributed by atoms with E-state index in [0.29, 0.717) is 6.61 Å². The first-order chi connectivity index (χ1) is 9.29. The minimum Gasteiger partial charge on any atom is -0.489 e. The average molecular weight is 323 g/mol. The zero-order chi connectivity index (χ0) is 13.5. The molecule has 2 rings (SSSR count). The number of hydrogen-bond donors (Lipinski definition) is 0. The maximum absolute atomic E-state index is 5.72. The first kappa shape index (κ1) is 13.9. The molecular weight excluding hydrogens is 308 g/mol. The van der Waals surface area contributed by atoms with Crippen LogP contribution in [0.3, 0.4) is 0 Å². The van der Waals surface area contributed by atoms with E-state index >= 15 is 0 Å². The van der Waals surface area contributed by atoms with Gasteiger partial charge in [0.1, 0.15) is 18.1 Å². The standard InChI is InChI=1S/C15H15BrO3/c1-17-11-19-15-8-7-13(9-14(15)16)18-10-12-5-3-2-4-6-12/h2-9H,10-11H2,1H3. The second kappa shape index (κ2) is 7.16. The molecule has 0 aliphatic rings. The van der Waals surface area contributed by atoms with Gasteiger partial charge < -0.3 is 14.2 Å². The number of methoxy groups -OCH3 is 1. The smallest absolute Gasteiger partial charge is 0.188 e. The molecule has 3 nitrogen and oxygen atoms in total. The van der Waals surface area contributed by atoms with Gasteiger partial charge in [0.2, 0.25) is 0 Å². The quantitative estimate of drug-likeness (QED) is 0.752. The van der Waals surface area contributed by atoms with Crippen LogP contribution in [-0.4, -0.2) is 13.9 Å². The number of rotatable bonds is 6. The van der Waals surface area contributed by atoms with Gasteiger partial charge in [-0.25, -0.2) is 0 Å². The van der Waals surface area contributed by atoms with Crippen LogP contribution in [0.4, 0.5) is 0 Å². The van der Waals surface area contributed by atoms with Gasteiger partial charge in [-0.05, 0) is 39.7 Å². The number of halogens is 1. The van der Waals surface area contributed by atoms with Crippen LogP contribution in [0, 0.1) is 0 Å². The third-order valence-corrected chi connectivity index (χ3v) is 3.10. The highest BCUT2D eigenvalue weighted by atomic mass is 79.9. The maximum Gasteiger partial charge on any atom is 0.188 e. The van der Waals surface area contributed by atoms with Crippen molar-refractivity contribution in [3.05, 3.63) is 58.6 Å². The first-order valence-electron chi connectivity index (χ1n) is 5.87. The molecule has 0 N–H and O–H groups in total. The Kier molecular flexibility index (Phi) is 5.24. The number of ether oxygens (including phenoxy) is 3. The fraction of sp³-hybridized carbons (Fsp3) is 0.200. The van der Waals surface area contributed by atoms with Crippen molar-refractivity contribution in [1.82, 2.24) is 0 Å². The van der Waals surface area contributed by atoms with Crippen LogP contribution < -0.4 is 9.47 Å². The van der Waals surface area contributed by atoms with Crippen molar-refractivity contribution in [2.75, 3.05) is 13.9 Å². The molecule has 2 aromatic carbocycles. The lowest BCUT2D eigenvalue weighted by Gasteiger charge is -2.10. The second-order valence-electron chi connectivity index (χ2n) is 3.92. The zero-order valence-electron chi connectivity index (χ0n) is 10.6. The van der Waals surface area contributed by atoms with E-state index in [2.05, 4.69) is 15.9 Å². The van der Waals surface area contributed by atoms with E-state index in [-0.39, 0.29) is 6.79 Å². The van der Waals surface area contributed by atoms with Crippen LogP contribution in [0.5, 0.6) is 11.5 Å². The predicted molar refractivity (Wildman–Crippen MR) is 77.4 cm³/mol. The van der Waals surface area contributed by atoms with E-state index in [9.17, 15) is 0 Å². The SMILES string of the molecule is COCOc1ccc(OCc2ccccc2)cc1Br. The Morgan fingerprint density at radius 2 is 1.79 bits per heavy atom. The molecular formula is C15H15BrO3. The number of benzene rings is 2. The topological polar surface area (TPSA) is 27.7 Å². The zero-order valence-corrected chi connectivity index (χ0v) is 12.2. The summed E-state index contributed by atoms with van der Waals surface area (Å²) in [6, 6.07) is 15.7. The van der Waals surface area contributed by atoms with Gasteiger partial charge in [0.15, 0.2) is 6.79 Å². The molecule has 0 aliphatic heterocycles. The summed E-state index contributed by atoms with van der Waals surface area (Å²) < 4.78 is 16.8. The Morgan fingerprint density at radius 1 is 1.00 bits per heavy atom. The van der Waals surface area contributed by atoms with E-state index in [4.69, 9.17) is 14.2 Å². The Labute approximate surface area is 121 Å². The first-order valence-corrected chi connectivity index (χ1v) is 6.67. The van der Waals surface area contributed by atoms with Crippen LogP contribution in [0.15, 0.2) is 53.0 Å². The second-order valence-corrected chi connectivity index (χ2v) is 4.77. The van der Waals surface area contributed by atoms with Crippen molar-refractivity contribution in [2.45, 2.75) is 6.61 Å². The van der Waals surface area contributed by atoms with Gasteiger partial charge in [0.05, 0.1) is 4.47 Å². The molecule has 100 valence electrons. The third kappa shape index (κ3) is 4.26. The summed E-state index contributed by atoms with van der Waals surface area (Å²) in [5.41, 5.74) is 1.14. The Morgan fingerprint density at radius 3 is 2.47 bits per heavy atom. The van der Waals surface area contributed by atoms with Gasteiger partial charge in [-0.3, -0.25) is 0 Å². The van der Waals surface area contributed by atoms with Gasteiger partial charge in [-0.2, -0.15) is 0 Å². The molecule has 0 aliphatic carbocycles. The van der Waals surface area contributed by atoms with E-state index < -0.39 is 0 Å². The molecule has 0 spiro atoms. The fourth-order valence-electron chi connectivity index (χ4n) is 1.55. The van der Waals surface area contributed by atoms with Crippen molar-refractivity contribution in [3.8, 4) is 11.5 Å². The predicted octanol–water partition coefficient (Wildman–Crippen LogP) is 4.01. The molecule has 0 unspecified atom stereocenters. The monoisotopic (exact) mass is 322 g/mol. The van der Waals surface area contributed by atoms with Crippen LogP contribution in [-0.2, 0) is 11.3 Å². The molecule has 0 saturated carbocycles. The lowest BCUT2D eigenvalue weighted by Crippen LogP contribution is -2.00. The summed E-state index contributed by atoms with van der Waals surface area (Å²) in [5.74, 6) is 1.52. The fourth-order valence-corrected chi connectivity index (χ4v) is 2.02. The summed E-state index contributed by atoms with van der Waals surface area (Å²) in [4.78, 5) is 0. The molecule has 0 saturated heterocycles. The normalized spacial score (nSPS) is 10.2. The van der Waals surface area contributed by atoms with Crippen molar-refractivity contribution in [1.29, 1.82) is 0 Å². The van der Waals surface area contributed by atoms with Crippen LogP contribution in [0.1, 0.15) is 5.56 Å². The molecule has 2 aromatic rings. The molecule has 0 bridgehead atoms. The Hall–Kier alpha value is -1.52. The summed E-state index contributed by atoms with van der Waals surface area (Å²) in [7, 11) is 1.59. The number of hydrogen-bond acceptors (Lipinski definition) is 3. The summed E-state index contributed by atoms with van der Waals surface area (Å²) in [6.07, 6.45) is 0. The summed E-state index contributed by atoms with van der Waals surface area (Å²) in [5, 5.41) is 0. The van der Waals surface area contributed by atoms with E-state index in [1.807, 2.05) is 48.5 Å². The van der Waals surface area contributed by atoms with Gasteiger partial charge in [0.25, 0.3) is 0 Å². The van der Waals surface area contributed by atoms with Crippen molar-refractivity contribution in [3.63, 3.8) is 0 Å². The lowest BCUT2D eigenvalue weighted by molar-refractivity contribution is 0.0505. The molecule has 0 amide bonds. The third-order valence-electron chi connectivity index (χ3n) is 2.48. The Balaban J connectivity index is 1.96. The van der Waals surface area contributed by atoms with Gasteiger partial charge in [0, 0.05) is 7.11 Å². The van der Waals surface area contributed by atoms with Gasteiger partial charge in [-0.1, -0.05) is 30.3 Å². The Bertz CT molecular complexity index is 514. The molecule has 0 atom stereocenters.